The number of anilines is 3. The highest BCUT2D eigenvalue weighted by molar-refractivity contribution is 6.24. The molecule has 1 aliphatic carbocycles. The summed E-state index contributed by atoms with van der Waals surface area (Å²) in [5.41, 5.74) is 15.7. The first-order valence-corrected chi connectivity index (χ1v) is 27.2. The molecule has 0 unspecified atom stereocenters. The third kappa shape index (κ3) is 11.5. The molecule has 1 aliphatic heterocycles. The molecule has 0 saturated carbocycles. The molecule has 0 fully saturated rings. The van der Waals surface area contributed by atoms with Crippen LogP contribution < -0.4 is 4.90 Å². The van der Waals surface area contributed by atoms with E-state index in [-0.39, 0.29) is 28.3 Å². The monoisotopic (exact) mass is 1020 g/mol. The van der Waals surface area contributed by atoms with Gasteiger partial charge in [-0.1, -0.05) is 196 Å². The van der Waals surface area contributed by atoms with Crippen molar-refractivity contribution in [1.82, 2.24) is 0 Å². The molecule has 2 aliphatic rings. The van der Waals surface area contributed by atoms with Crippen molar-refractivity contribution in [1.29, 1.82) is 0 Å². The summed E-state index contributed by atoms with van der Waals surface area (Å²) in [6.45, 7) is 7.06. The van der Waals surface area contributed by atoms with Crippen molar-refractivity contribution in [3.8, 4) is 0 Å². The van der Waals surface area contributed by atoms with Crippen LogP contribution >= 0.6 is 0 Å². The number of carbonyl (C=O) groups excluding carboxylic acids is 1. The second-order valence-electron chi connectivity index (χ2n) is 20.6. The highest BCUT2D eigenvalue weighted by Gasteiger charge is 2.46. The molecule has 0 amide bonds. The summed E-state index contributed by atoms with van der Waals surface area (Å²) in [6, 6.07) is 72.8. The van der Waals surface area contributed by atoms with Crippen LogP contribution in [0, 0.1) is 0 Å². The van der Waals surface area contributed by atoms with Gasteiger partial charge in [-0.2, -0.15) is 4.58 Å². The van der Waals surface area contributed by atoms with Crippen LogP contribution in [0.5, 0.6) is 0 Å². The van der Waals surface area contributed by atoms with Crippen LogP contribution in [-0.4, -0.2) is 38.8 Å². The molecule has 0 bridgehead atoms. The van der Waals surface area contributed by atoms with Gasteiger partial charge >= 0.3 is 5.97 Å². The lowest BCUT2D eigenvalue weighted by Crippen LogP contribution is -2.31. The van der Waals surface area contributed by atoms with Crippen molar-refractivity contribution < 1.29 is 24.4 Å². The Morgan fingerprint density at radius 3 is 1.40 bits per heavy atom. The zero-order valence-electron chi connectivity index (χ0n) is 44.6. The summed E-state index contributed by atoms with van der Waals surface area (Å²) < 4.78 is 2.21. The first kappa shape index (κ1) is 52.3. The second-order valence-corrected chi connectivity index (χ2v) is 20.6. The maximum atomic E-state index is 13.9. The molecule has 10 rings (SSSR count). The quantitative estimate of drug-likeness (QED) is 0.0344. The van der Waals surface area contributed by atoms with Crippen LogP contribution in [0.25, 0.3) is 29.4 Å². The number of aliphatic hydroxyl groups is 1. The number of carboxylic acid groups (broad SMARTS) is 1. The van der Waals surface area contributed by atoms with Crippen molar-refractivity contribution in [2.24, 2.45) is 0 Å². The molecule has 0 aromatic heterocycles. The van der Waals surface area contributed by atoms with E-state index in [2.05, 4.69) is 200 Å². The molecule has 8 aromatic rings. The van der Waals surface area contributed by atoms with Crippen molar-refractivity contribution >= 4 is 69.6 Å². The number of hydrogen-bond acceptors (Lipinski definition) is 4. The normalized spacial score (nSPS) is 14.1. The summed E-state index contributed by atoms with van der Waals surface area (Å²) in [7, 11) is 0. The van der Waals surface area contributed by atoms with Crippen LogP contribution in [0.2, 0.25) is 0 Å². The number of allylic oxidation sites excluding steroid dienone is 4. The number of hydrogen-bond donors (Lipinski definition) is 2. The molecular weight excluding hydrogens is 957 g/mol. The number of rotatable bonds is 20. The number of carbonyl (C=O) groups is 2. The van der Waals surface area contributed by atoms with E-state index in [4.69, 9.17) is 0 Å². The molecule has 2 N–H and O–H groups in total. The predicted molar refractivity (Wildman–Crippen MR) is 322 cm³/mol. The smallest absolute Gasteiger partial charge is 0.335 e. The van der Waals surface area contributed by atoms with E-state index >= 15 is 0 Å². The minimum atomic E-state index is -0.979. The zero-order valence-corrected chi connectivity index (χ0v) is 44.6. The number of aliphatic hydroxyl groups excluding tert-OH is 1. The first-order chi connectivity index (χ1) is 38.1. The molecule has 8 aromatic carbocycles. The van der Waals surface area contributed by atoms with Crippen LogP contribution in [0.1, 0.15) is 114 Å². The van der Waals surface area contributed by atoms with E-state index in [1.807, 2.05) is 54.6 Å². The molecule has 0 atom stereocenters. The van der Waals surface area contributed by atoms with E-state index < -0.39 is 11.4 Å². The summed E-state index contributed by atoms with van der Waals surface area (Å²) in [4.78, 5) is 28.2. The molecule has 1 heterocycles. The van der Waals surface area contributed by atoms with E-state index in [9.17, 15) is 19.8 Å². The van der Waals surface area contributed by atoms with E-state index in [1.54, 1.807) is 18.2 Å². The number of nitrogens with zero attached hydrogens (tertiary/aromatic N) is 2. The fourth-order valence-corrected chi connectivity index (χ4v) is 10.7. The number of ketones is 1. The van der Waals surface area contributed by atoms with Crippen molar-refractivity contribution in [3.63, 3.8) is 0 Å². The lowest BCUT2D eigenvalue weighted by Gasteiger charge is -2.26. The van der Waals surface area contributed by atoms with Gasteiger partial charge in [-0.15, -0.1) is 0 Å². The SMILES string of the molecule is CCCCCCCC[N+]1=C(/C=C2/C(=O)C(/C=C/c3ccc(N(c4ccc(C=C(c5ccccc5)c5ccccc5)cc4)c4ccc(C=C(c5ccccc5)c5ccccc5)cc4)cc3)=C2O)C(C)(C)c2cc(C(=O)O)ccc21. The summed E-state index contributed by atoms with van der Waals surface area (Å²) in [5, 5.41) is 21.4. The Bertz CT molecular complexity index is 3400. The molecule has 6 heteroatoms. The Hall–Kier alpha value is -9.13. The van der Waals surface area contributed by atoms with Gasteiger partial charge in [-0.05, 0) is 137 Å². The fourth-order valence-electron chi connectivity index (χ4n) is 10.7. The van der Waals surface area contributed by atoms with Gasteiger partial charge in [-0.25, -0.2) is 4.79 Å². The molecule has 78 heavy (non-hydrogen) atoms. The Labute approximate surface area is 459 Å². The van der Waals surface area contributed by atoms with Gasteiger partial charge in [0.2, 0.25) is 11.5 Å². The van der Waals surface area contributed by atoms with Gasteiger partial charge in [0.05, 0.1) is 22.1 Å². The van der Waals surface area contributed by atoms with Crippen molar-refractivity contribution in [2.75, 3.05) is 11.4 Å². The first-order valence-electron chi connectivity index (χ1n) is 27.2. The maximum absolute atomic E-state index is 13.9. The summed E-state index contributed by atoms with van der Waals surface area (Å²) in [5.74, 6) is -1.25. The largest absolute Gasteiger partial charge is 0.506 e. The van der Waals surface area contributed by atoms with E-state index in [0.717, 1.165) is 110 Å². The molecule has 386 valence electrons. The molecular formula is C72H65N2O4+. The highest BCUT2D eigenvalue weighted by Crippen LogP contribution is 2.43. The van der Waals surface area contributed by atoms with Crippen molar-refractivity contribution in [2.45, 2.75) is 64.7 Å². The molecule has 0 saturated heterocycles. The fraction of sp³-hybridized carbons (Fsp3) is 0.153. The minimum absolute atomic E-state index is 0.0417. The summed E-state index contributed by atoms with van der Waals surface area (Å²) in [6.07, 6.45) is 16.7. The maximum Gasteiger partial charge on any atom is 0.335 e. The molecule has 6 nitrogen and oxygen atoms in total. The number of carboxylic acids is 1. The van der Waals surface area contributed by atoms with Crippen LogP contribution in [0.15, 0.2) is 241 Å². The van der Waals surface area contributed by atoms with Gasteiger partial charge in [0, 0.05) is 41.2 Å². The van der Waals surface area contributed by atoms with Crippen LogP contribution in [-0.2, 0) is 10.2 Å². The predicted octanol–water partition coefficient (Wildman–Crippen LogP) is 17.8. The van der Waals surface area contributed by atoms with Crippen LogP contribution in [0.4, 0.5) is 22.7 Å². The van der Waals surface area contributed by atoms with Gasteiger partial charge in [0.15, 0.2) is 5.71 Å². The second kappa shape index (κ2) is 23.8. The molecule has 0 spiro atoms. The Morgan fingerprint density at radius 1 is 0.526 bits per heavy atom. The van der Waals surface area contributed by atoms with E-state index in [0.29, 0.717) is 0 Å². The third-order valence-electron chi connectivity index (χ3n) is 15.0. The van der Waals surface area contributed by atoms with Crippen LogP contribution in [0.3, 0.4) is 0 Å². The lowest BCUT2D eigenvalue weighted by molar-refractivity contribution is -0.438. The topological polar surface area (TPSA) is 80.8 Å². The number of benzene rings is 8. The molecule has 0 radical (unpaired) electrons. The number of fused-ring (bicyclic) bond motifs is 1. The average Bonchev–Trinajstić information content (AvgIpc) is 3.81. The standard InChI is InChI=1S/C72H64N2O4/c1-4-5-6-7-8-21-46-73-67-45-37-58(71(77)78)49-66(67)72(2,3)68(73)50-65-69(75)62(70(65)76)44-36-51-30-38-59(39-31-51)74(60-40-32-52(33-41-60)47-63(54-22-13-9-14-23-54)55-24-15-10-16-25-55)61-42-34-53(35-43-61)48-64(56-26-17-11-18-27-56)57-28-19-12-20-29-57/h9-20,22-45,47-50H,4-8,21,46H2,1-3H3,(H-,75,76,77,78)/p+1. The van der Waals surface area contributed by atoms with Crippen molar-refractivity contribution in [3.05, 3.63) is 291 Å². The average molecular weight is 1020 g/mol. The van der Waals surface area contributed by atoms with Gasteiger partial charge in [-0.3, -0.25) is 4.79 Å². The van der Waals surface area contributed by atoms with Gasteiger partial charge in [0.25, 0.3) is 0 Å². The van der Waals surface area contributed by atoms with Gasteiger partial charge in [0.1, 0.15) is 12.3 Å². The lowest BCUT2D eigenvalue weighted by atomic mass is 9.78. The number of unbranched alkanes of at least 4 members (excludes halogenated alkanes) is 5. The minimum Gasteiger partial charge on any atom is -0.506 e. The summed E-state index contributed by atoms with van der Waals surface area (Å²) >= 11 is 0. The Kier molecular flexibility index (Phi) is 16.0. The number of Topliss-reactive ketones (excluding diaryl/α,β-unsaturated/α-hetero) is 1. The Balaban J connectivity index is 0.950. The van der Waals surface area contributed by atoms with E-state index in [1.165, 1.54) is 19.3 Å². The number of aromatic carboxylic acids is 1. The Morgan fingerprint density at radius 2 is 0.962 bits per heavy atom. The third-order valence-corrected chi connectivity index (χ3v) is 15.0. The van der Waals surface area contributed by atoms with Gasteiger partial charge < -0.3 is 15.1 Å². The zero-order chi connectivity index (χ0) is 54.0. The highest BCUT2D eigenvalue weighted by atomic mass is 16.4.